The van der Waals surface area contributed by atoms with E-state index in [1.807, 2.05) is 6.92 Å². The first-order valence-corrected chi connectivity index (χ1v) is 6.58. The van der Waals surface area contributed by atoms with Gasteiger partial charge in [-0.1, -0.05) is 0 Å². The van der Waals surface area contributed by atoms with Gasteiger partial charge in [0.15, 0.2) is 0 Å². The molecule has 0 aliphatic carbocycles. The predicted octanol–water partition coefficient (Wildman–Crippen LogP) is 1.37. The molecule has 0 unspecified atom stereocenters. The SMILES string of the molecule is CCn1ccc(C(=O)N2CCCC[C@@]2(C)C(=O)O)n1. The molecular weight excluding hydrogens is 246 g/mol. The zero-order valence-electron chi connectivity index (χ0n) is 11.3. The van der Waals surface area contributed by atoms with Gasteiger partial charge in [-0.15, -0.1) is 0 Å². The van der Waals surface area contributed by atoms with Gasteiger partial charge in [0.1, 0.15) is 11.2 Å². The van der Waals surface area contributed by atoms with Crippen molar-refractivity contribution in [3.63, 3.8) is 0 Å². The fourth-order valence-corrected chi connectivity index (χ4v) is 2.46. The zero-order chi connectivity index (χ0) is 14.0. The van der Waals surface area contributed by atoms with E-state index in [-0.39, 0.29) is 5.91 Å². The van der Waals surface area contributed by atoms with Gasteiger partial charge in [-0.05, 0) is 39.2 Å². The summed E-state index contributed by atoms with van der Waals surface area (Å²) in [6, 6.07) is 1.64. The zero-order valence-corrected chi connectivity index (χ0v) is 11.3. The molecule has 1 amide bonds. The molecule has 2 heterocycles. The lowest BCUT2D eigenvalue weighted by Crippen LogP contribution is -2.57. The molecule has 6 nitrogen and oxygen atoms in total. The van der Waals surface area contributed by atoms with Crippen molar-refractivity contribution in [2.75, 3.05) is 6.54 Å². The summed E-state index contributed by atoms with van der Waals surface area (Å²) in [7, 11) is 0. The van der Waals surface area contributed by atoms with Crippen molar-refractivity contribution in [1.82, 2.24) is 14.7 Å². The van der Waals surface area contributed by atoms with Crippen LogP contribution in [-0.4, -0.2) is 43.7 Å². The van der Waals surface area contributed by atoms with Crippen molar-refractivity contribution in [1.29, 1.82) is 0 Å². The number of carbonyl (C=O) groups excluding carboxylic acids is 1. The number of nitrogens with zero attached hydrogens (tertiary/aromatic N) is 3. The highest BCUT2D eigenvalue weighted by Gasteiger charge is 2.44. The molecule has 1 aromatic heterocycles. The van der Waals surface area contributed by atoms with E-state index in [0.717, 1.165) is 12.8 Å². The van der Waals surface area contributed by atoms with Crippen LogP contribution in [0.4, 0.5) is 0 Å². The normalized spacial score (nSPS) is 23.4. The molecule has 1 N–H and O–H groups in total. The molecule has 6 heteroatoms. The Kier molecular flexibility index (Phi) is 3.59. The summed E-state index contributed by atoms with van der Waals surface area (Å²) in [5.74, 6) is -1.24. The summed E-state index contributed by atoms with van der Waals surface area (Å²) >= 11 is 0. The van der Waals surface area contributed by atoms with Crippen LogP contribution in [0, 0.1) is 0 Å². The van der Waals surface area contributed by atoms with Crippen LogP contribution < -0.4 is 0 Å². The molecule has 1 aromatic rings. The molecule has 0 saturated carbocycles. The van der Waals surface area contributed by atoms with E-state index in [1.165, 1.54) is 4.90 Å². The monoisotopic (exact) mass is 265 g/mol. The van der Waals surface area contributed by atoms with E-state index in [9.17, 15) is 14.7 Å². The molecule has 0 radical (unpaired) electrons. The van der Waals surface area contributed by atoms with E-state index in [2.05, 4.69) is 5.10 Å². The number of aromatic nitrogens is 2. The van der Waals surface area contributed by atoms with E-state index >= 15 is 0 Å². The largest absolute Gasteiger partial charge is 0.480 e. The second kappa shape index (κ2) is 5.03. The first kappa shape index (κ1) is 13.6. The quantitative estimate of drug-likeness (QED) is 0.895. The molecule has 0 aromatic carbocycles. The molecule has 19 heavy (non-hydrogen) atoms. The third kappa shape index (κ3) is 2.34. The minimum absolute atomic E-state index is 0.295. The molecule has 1 atom stereocenters. The average Bonchev–Trinajstić information content (AvgIpc) is 2.87. The van der Waals surface area contributed by atoms with Crippen LogP contribution >= 0.6 is 0 Å². The molecule has 1 fully saturated rings. The number of carbonyl (C=O) groups is 2. The van der Waals surface area contributed by atoms with Gasteiger partial charge in [0.25, 0.3) is 5.91 Å². The Morgan fingerprint density at radius 1 is 1.47 bits per heavy atom. The van der Waals surface area contributed by atoms with Gasteiger partial charge in [-0.2, -0.15) is 5.10 Å². The maximum Gasteiger partial charge on any atom is 0.329 e. The van der Waals surface area contributed by atoms with Gasteiger partial charge >= 0.3 is 5.97 Å². The van der Waals surface area contributed by atoms with Crippen LogP contribution in [0.2, 0.25) is 0 Å². The van der Waals surface area contributed by atoms with Gasteiger partial charge in [-0.3, -0.25) is 9.48 Å². The Morgan fingerprint density at radius 2 is 2.21 bits per heavy atom. The lowest BCUT2D eigenvalue weighted by Gasteiger charge is -2.41. The number of likely N-dealkylation sites (tertiary alicyclic amines) is 1. The van der Waals surface area contributed by atoms with E-state index in [0.29, 0.717) is 25.2 Å². The number of hydrogen-bond donors (Lipinski definition) is 1. The molecule has 1 aliphatic rings. The highest BCUT2D eigenvalue weighted by atomic mass is 16.4. The summed E-state index contributed by atoms with van der Waals surface area (Å²) in [5.41, 5.74) is -0.804. The number of aryl methyl sites for hydroxylation is 1. The van der Waals surface area contributed by atoms with E-state index in [4.69, 9.17) is 0 Å². The number of hydrogen-bond acceptors (Lipinski definition) is 3. The third-order valence-electron chi connectivity index (χ3n) is 3.78. The Hall–Kier alpha value is -1.85. The molecule has 104 valence electrons. The van der Waals surface area contributed by atoms with Crippen molar-refractivity contribution in [3.8, 4) is 0 Å². The maximum absolute atomic E-state index is 12.4. The van der Waals surface area contributed by atoms with Crippen molar-refractivity contribution < 1.29 is 14.7 Å². The van der Waals surface area contributed by atoms with Crippen LogP contribution in [-0.2, 0) is 11.3 Å². The number of aliphatic carboxylic acids is 1. The Balaban J connectivity index is 2.27. The van der Waals surface area contributed by atoms with Crippen LogP contribution in [0.5, 0.6) is 0 Å². The fourth-order valence-electron chi connectivity index (χ4n) is 2.46. The second-order valence-electron chi connectivity index (χ2n) is 5.05. The van der Waals surface area contributed by atoms with Gasteiger partial charge in [0.05, 0.1) is 0 Å². The molecule has 2 rings (SSSR count). The summed E-state index contributed by atoms with van der Waals surface area (Å²) in [6.45, 7) is 4.71. The standard InChI is InChI=1S/C13H19N3O3/c1-3-15-9-6-10(14-15)11(17)16-8-5-4-7-13(16,2)12(18)19/h6,9H,3-5,7-8H2,1-2H3,(H,18,19)/t13-/m0/s1. The van der Waals surface area contributed by atoms with Crippen LogP contribution in [0.3, 0.4) is 0 Å². The first-order valence-electron chi connectivity index (χ1n) is 6.58. The molecule has 1 saturated heterocycles. The summed E-state index contributed by atoms with van der Waals surface area (Å²) in [5, 5.41) is 13.6. The Labute approximate surface area is 112 Å². The summed E-state index contributed by atoms with van der Waals surface area (Å²) in [4.78, 5) is 25.3. The Bertz CT molecular complexity index is 497. The number of amides is 1. The van der Waals surface area contributed by atoms with Crippen LogP contribution in [0.25, 0.3) is 0 Å². The minimum Gasteiger partial charge on any atom is -0.480 e. The lowest BCUT2D eigenvalue weighted by atomic mass is 9.88. The molecule has 0 bridgehead atoms. The summed E-state index contributed by atoms with van der Waals surface area (Å²) in [6.07, 6.45) is 3.89. The number of carboxylic acid groups (broad SMARTS) is 1. The highest BCUT2D eigenvalue weighted by molar-refractivity contribution is 5.96. The molecular formula is C13H19N3O3. The van der Waals surface area contributed by atoms with Crippen molar-refractivity contribution in [2.45, 2.75) is 45.2 Å². The summed E-state index contributed by atoms with van der Waals surface area (Å²) < 4.78 is 1.66. The Morgan fingerprint density at radius 3 is 2.79 bits per heavy atom. The topological polar surface area (TPSA) is 75.4 Å². The van der Waals surface area contributed by atoms with Gasteiger partial charge in [-0.25, -0.2) is 4.79 Å². The second-order valence-corrected chi connectivity index (χ2v) is 5.05. The molecule has 1 aliphatic heterocycles. The first-order chi connectivity index (χ1) is 8.99. The fraction of sp³-hybridized carbons (Fsp3) is 0.615. The van der Waals surface area contributed by atoms with Crippen molar-refractivity contribution in [2.24, 2.45) is 0 Å². The van der Waals surface area contributed by atoms with Gasteiger partial charge in [0.2, 0.25) is 0 Å². The molecule has 0 spiro atoms. The number of piperidine rings is 1. The van der Waals surface area contributed by atoms with E-state index in [1.54, 1.807) is 23.9 Å². The maximum atomic E-state index is 12.4. The van der Waals surface area contributed by atoms with Crippen molar-refractivity contribution >= 4 is 11.9 Å². The van der Waals surface area contributed by atoms with E-state index < -0.39 is 11.5 Å². The average molecular weight is 265 g/mol. The van der Waals surface area contributed by atoms with Crippen LogP contribution in [0.1, 0.15) is 43.6 Å². The number of rotatable bonds is 3. The minimum atomic E-state index is -1.12. The predicted molar refractivity (Wildman–Crippen MR) is 68.8 cm³/mol. The number of carboxylic acids is 1. The lowest BCUT2D eigenvalue weighted by molar-refractivity contribution is -0.150. The third-order valence-corrected chi connectivity index (χ3v) is 3.78. The van der Waals surface area contributed by atoms with Crippen molar-refractivity contribution in [3.05, 3.63) is 18.0 Å². The smallest absolute Gasteiger partial charge is 0.329 e. The van der Waals surface area contributed by atoms with Gasteiger partial charge < -0.3 is 10.0 Å². The van der Waals surface area contributed by atoms with Gasteiger partial charge in [0, 0.05) is 19.3 Å². The highest BCUT2D eigenvalue weighted by Crippen LogP contribution is 2.29. The van der Waals surface area contributed by atoms with Crippen LogP contribution in [0.15, 0.2) is 12.3 Å².